The van der Waals surface area contributed by atoms with Crippen LogP contribution in [0.2, 0.25) is 0 Å². The largest absolute Gasteiger partial charge is 0.503 e. The third-order valence-electron chi connectivity index (χ3n) is 0.149. The second kappa shape index (κ2) is 6.41. The average Bonchev–Trinajstić information content (AvgIpc) is 1.65. The zero-order valence-corrected chi connectivity index (χ0v) is 4.35. The molecule has 0 bridgehead atoms. The number of carboxylic acid groups (broad SMARTS) is 2. The van der Waals surface area contributed by atoms with E-state index in [9.17, 15) is 0 Å². The summed E-state index contributed by atoms with van der Waals surface area (Å²) in [6, 6.07) is 0. The fraction of sp³-hybridized carbons (Fsp3) is 0. The number of rotatable bonds is 1. The Kier molecular flexibility index (Phi) is 7.41. The second-order valence-corrected chi connectivity index (χ2v) is 0.751. The van der Waals surface area contributed by atoms with Crippen LogP contribution in [0.25, 0.3) is 0 Å². The van der Waals surface area contributed by atoms with Crippen LogP contribution in [0.3, 0.4) is 0 Å². The van der Waals surface area contributed by atoms with Crippen LogP contribution in [-0.2, 0) is 0 Å². The maximum absolute atomic E-state index is 9.06. The van der Waals surface area contributed by atoms with E-state index in [2.05, 4.69) is 6.58 Å². The maximum atomic E-state index is 9.06. The Morgan fingerprint density at radius 2 is 1.78 bits per heavy atom. The van der Waals surface area contributed by atoms with E-state index in [1.807, 2.05) is 0 Å². The minimum absolute atomic E-state index is 0.611. The van der Waals surface area contributed by atoms with Crippen LogP contribution in [0.5, 0.6) is 0 Å². The first-order valence-corrected chi connectivity index (χ1v) is 1.68. The van der Waals surface area contributed by atoms with Gasteiger partial charge in [-0.05, 0) is 6.58 Å². The predicted molar refractivity (Wildman–Crippen MR) is 27.8 cm³/mol. The Balaban J connectivity index is 0. The molecule has 0 aliphatic heterocycles. The molecular formula is C3H5NO5. The molecule has 2 N–H and O–H groups in total. The van der Waals surface area contributed by atoms with Crippen molar-refractivity contribution >= 4 is 6.16 Å². The Hall–Kier alpha value is -1.59. The molecule has 0 amide bonds. The first-order chi connectivity index (χ1) is 4.00. The Labute approximate surface area is 50.2 Å². The Bertz CT molecular complexity index is 115. The predicted octanol–water partition coefficient (Wildman–Crippen LogP) is 0.629. The minimum Gasteiger partial charge on any atom is -0.450 e. The van der Waals surface area contributed by atoms with Gasteiger partial charge in [0.1, 0.15) is 0 Å². The van der Waals surface area contributed by atoms with Gasteiger partial charge in [-0.2, -0.15) is 0 Å². The van der Waals surface area contributed by atoms with Crippen molar-refractivity contribution in [2.75, 3.05) is 0 Å². The molecule has 6 nitrogen and oxygen atoms in total. The van der Waals surface area contributed by atoms with Crippen LogP contribution < -0.4 is 0 Å². The zero-order chi connectivity index (χ0) is 7.86. The van der Waals surface area contributed by atoms with Gasteiger partial charge in [-0.15, -0.1) is 0 Å². The van der Waals surface area contributed by atoms with Crippen LogP contribution >= 0.6 is 0 Å². The molecule has 0 radical (unpaired) electrons. The summed E-state index contributed by atoms with van der Waals surface area (Å²) in [5.41, 5.74) is 0. The summed E-state index contributed by atoms with van der Waals surface area (Å²) in [7, 11) is 0. The molecule has 0 rings (SSSR count). The van der Waals surface area contributed by atoms with Gasteiger partial charge in [0, 0.05) is 0 Å². The van der Waals surface area contributed by atoms with E-state index in [-0.39, 0.29) is 0 Å². The quantitative estimate of drug-likeness (QED) is 0.405. The third-order valence-corrected chi connectivity index (χ3v) is 0.149. The molecule has 0 aliphatic rings. The molecule has 0 saturated heterocycles. The highest BCUT2D eigenvalue weighted by Crippen LogP contribution is 1.57. The lowest BCUT2D eigenvalue weighted by atomic mass is 11.1. The minimum atomic E-state index is -1.83. The van der Waals surface area contributed by atoms with Crippen LogP contribution in [-0.4, -0.2) is 21.3 Å². The van der Waals surface area contributed by atoms with Crippen molar-refractivity contribution in [3.05, 3.63) is 22.9 Å². The highest BCUT2D eigenvalue weighted by molar-refractivity contribution is 5.53. The van der Waals surface area contributed by atoms with Crippen molar-refractivity contribution in [2.24, 2.45) is 0 Å². The molecule has 0 fully saturated rings. The van der Waals surface area contributed by atoms with Crippen molar-refractivity contribution in [2.45, 2.75) is 0 Å². The van der Waals surface area contributed by atoms with Crippen molar-refractivity contribution in [1.29, 1.82) is 0 Å². The molecule has 0 aromatic rings. The van der Waals surface area contributed by atoms with Crippen LogP contribution in [0.1, 0.15) is 0 Å². The van der Waals surface area contributed by atoms with Gasteiger partial charge < -0.3 is 10.2 Å². The van der Waals surface area contributed by atoms with Gasteiger partial charge in [0.25, 0.3) is 0 Å². The van der Waals surface area contributed by atoms with Crippen LogP contribution in [0.15, 0.2) is 12.8 Å². The van der Waals surface area contributed by atoms with Crippen LogP contribution in [0, 0.1) is 10.1 Å². The third kappa shape index (κ3) is 742. The lowest BCUT2D eigenvalue weighted by Gasteiger charge is -1.65. The average molecular weight is 135 g/mol. The second-order valence-electron chi connectivity index (χ2n) is 0.751. The van der Waals surface area contributed by atoms with Gasteiger partial charge in [0.15, 0.2) is 0 Å². The van der Waals surface area contributed by atoms with Gasteiger partial charge >= 0.3 is 6.16 Å². The number of nitro groups is 1. The molecule has 9 heavy (non-hydrogen) atoms. The lowest BCUT2D eigenvalue weighted by Crippen LogP contribution is -1.81. The Morgan fingerprint density at radius 1 is 1.67 bits per heavy atom. The molecule has 0 atom stereocenters. The molecule has 0 aromatic carbocycles. The van der Waals surface area contributed by atoms with Crippen LogP contribution in [0.4, 0.5) is 4.79 Å². The smallest absolute Gasteiger partial charge is 0.450 e. The SMILES string of the molecule is C=C[N+](=O)[O-].O=C(O)O. The molecule has 0 saturated carbocycles. The molecule has 52 valence electrons. The molecule has 0 heterocycles. The highest BCUT2D eigenvalue weighted by atomic mass is 16.6. The lowest BCUT2D eigenvalue weighted by molar-refractivity contribution is -0.401. The molecule has 6 heteroatoms. The summed E-state index contributed by atoms with van der Waals surface area (Å²) < 4.78 is 0. The Morgan fingerprint density at radius 3 is 1.78 bits per heavy atom. The molecule has 0 aromatic heterocycles. The van der Waals surface area contributed by atoms with E-state index in [0.717, 1.165) is 0 Å². The number of carbonyl (C=O) groups is 1. The first-order valence-electron chi connectivity index (χ1n) is 1.68. The zero-order valence-electron chi connectivity index (χ0n) is 4.35. The van der Waals surface area contributed by atoms with Gasteiger partial charge in [0.05, 0.1) is 4.92 Å². The van der Waals surface area contributed by atoms with Gasteiger partial charge in [0.2, 0.25) is 6.20 Å². The molecule has 0 spiro atoms. The fourth-order valence-electron chi connectivity index (χ4n) is 0. The summed E-state index contributed by atoms with van der Waals surface area (Å²) in [6.07, 6.45) is -1.19. The number of hydrogen-bond acceptors (Lipinski definition) is 3. The van der Waals surface area contributed by atoms with Crippen molar-refractivity contribution < 1.29 is 19.9 Å². The number of nitrogens with zero attached hydrogens (tertiary/aromatic N) is 1. The maximum Gasteiger partial charge on any atom is 0.503 e. The topological polar surface area (TPSA) is 101 Å². The van der Waals surface area contributed by atoms with E-state index in [0.29, 0.717) is 6.20 Å². The fourth-order valence-corrected chi connectivity index (χ4v) is 0. The molecule has 0 aliphatic carbocycles. The first kappa shape index (κ1) is 10.4. The van der Waals surface area contributed by atoms with Crippen molar-refractivity contribution in [3.63, 3.8) is 0 Å². The van der Waals surface area contributed by atoms with Gasteiger partial charge in [-0.3, -0.25) is 10.1 Å². The van der Waals surface area contributed by atoms with E-state index in [1.54, 1.807) is 0 Å². The standard InChI is InChI=1S/C2H3NO2.CH2O3/c1-2-3(4)5;2-1(3)4/h2H,1H2;(H2,2,3,4). The van der Waals surface area contributed by atoms with Crippen molar-refractivity contribution in [1.82, 2.24) is 0 Å². The van der Waals surface area contributed by atoms with Gasteiger partial charge in [-0.25, -0.2) is 4.79 Å². The molecule has 0 unspecified atom stereocenters. The van der Waals surface area contributed by atoms with E-state index >= 15 is 0 Å². The highest BCUT2D eigenvalue weighted by Gasteiger charge is 1.70. The number of hydrogen-bond donors (Lipinski definition) is 2. The summed E-state index contributed by atoms with van der Waals surface area (Å²) in [5.74, 6) is 0. The van der Waals surface area contributed by atoms with Crippen molar-refractivity contribution in [3.8, 4) is 0 Å². The monoisotopic (exact) mass is 135 g/mol. The summed E-state index contributed by atoms with van der Waals surface area (Å²) in [5, 5.41) is 23.0. The van der Waals surface area contributed by atoms with Gasteiger partial charge in [-0.1, -0.05) is 0 Å². The summed E-state index contributed by atoms with van der Waals surface area (Å²) >= 11 is 0. The molecular weight excluding hydrogens is 130 g/mol. The van der Waals surface area contributed by atoms with E-state index < -0.39 is 11.1 Å². The van der Waals surface area contributed by atoms with E-state index in [4.69, 9.17) is 25.1 Å². The van der Waals surface area contributed by atoms with E-state index in [1.165, 1.54) is 0 Å². The summed E-state index contributed by atoms with van der Waals surface area (Å²) in [6.45, 7) is 2.86. The summed E-state index contributed by atoms with van der Waals surface area (Å²) in [4.78, 5) is 17.0. The normalized spacial score (nSPS) is 6.22.